The number of aliphatic hydroxyl groups is 1. The Morgan fingerprint density at radius 3 is 3.00 bits per heavy atom. The Morgan fingerprint density at radius 1 is 1.50 bits per heavy atom. The number of hydrogen-bond acceptors (Lipinski definition) is 3. The number of halogens is 1. The number of aromatic nitrogens is 3. The molecule has 0 unspecified atom stereocenters. The zero-order chi connectivity index (χ0) is 9.76. The molecule has 1 aliphatic carbocycles. The van der Waals surface area contributed by atoms with Crippen LogP contribution in [0.25, 0.3) is 5.65 Å². The van der Waals surface area contributed by atoms with E-state index in [1.807, 2.05) is 18.3 Å². The number of nitrogens with zero attached hydrogens (tertiary/aromatic N) is 3. The summed E-state index contributed by atoms with van der Waals surface area (Å²) in [6, 6.07) is 3.77. The van der Waals surface area contributed by atoms with E-state index in [9.17, 15) is 5.11 Å². The second-order valence-corrected chi connectivity index (χ2v) is 4.53. The van der Waals surface area contributed by atoms with Crippen LogP contribution < -0.4 is 0 Å². The summed E-state index contributed by atoms with van der Waals surface area (Å²) >= 11 is 3.36. The minimum atomic E-state index is -0.751. The summed E-state index contributed by atoms with van der Waals surface area (Å²) in [4.78, 5) is 4.28. The SMILES string of the molecule is OC1(c2nc3cc(Br)ccn3n2)CC1. The molecule has 72 valence electrons. The fraction of sp³-hybridized carbons (Fsp3) is 0.333. The zero-order valence-corrected chi connectivity index (χ0v) is 8.90. The first kappa shape index (κ1) is 8.38. The molecule has 0 amide bonds. The van der Waals surface area contributed by atoms with Crippen molar-refractivity contribution in [2.24, 2.45) is 0 Å². The van der Waals surface area contributed by atoms with Gasteiger partial charge in [-0.05, 0) is 25.0 Å². The highest BCUT2D eigenvalue weighted by molar-refractivity contribution is 9.10. The summed E-state index contributed by atoms with van der Waals surface area (Å²) in [5, 5.41) is 14.0. The van der Waals surface area contributed by atoms with Crippen LogP contribution in [-0.2, 0) is 5.60 Å². The molecule has 14 heavy (non-hydrogen) atoms. The van der Waals surface area contributed by atoms with Crippen molar-refractivity contribution in [3.05, 3.63) is 28.6 Å². The van der Waals surface area contributed by atoms with Gasteiger partial charge in [0.2, 0.25) is 0 Å². The third-order valence-corrected chi connectivity index (χ3v) is 2.93. The molecule has 1 fully saturated rings. The molecule has 0 radical (unpaired) electrons. The van der Waals surface area contributed by atoms with Crippen LogP contribution >= 0.6 is 15.9 Å². The van der Waals surface area contributed by atoms with E-state index >= 15 is 0 Å². The maximum atomic E-state index is 9.82. The Morgan fingerprint density at radius 2 is 2.29 bits per heavy atom. The fourth-order valence-electron chi connectivity index (χ4n) is 1.40. The van der Waals surface area contributed by atoms with E-state index < -0.39 is 5.60 Å². The van der Waals surface area contributed by atoms with Crippen LogP contribution in [0.4, 0.5) is 0 Å². The van der Waals surface area contributed by atoms with Gasteiger partial charge < -0.3 is 5.11 Å². The van der Waals surface area contributed by atoms with Gasteiger partial charge in [-0.2, -0.15) is 0 Å². The predicted molar refractivity (Wildman–Crippen MR) is 53.8 cm³/mol. The van der Waals surface area contributed by atoms with Crippen molar-refractivity contribution in [1.82, 2.24) is 14.6 Å². The van der Waals surface area contributed by atoms with Crippen LogP contribution in [0, 0.1) is 0 Å². The molecule has 0 atom stereocenters. The molecule has 2 heterocycles. The maximum absolute atomic E-state index is 9.82. The molecular weight excluding hydrogens is 246 g/mol. The minimum absolute atomic E-state index is 0.538. The smallest absolute Gasteiger partial charge is 0.183 e. The normalized spacial score (nSPS) is 18.7. The fourth-order valence-corrected chi connectivity index (χ4v) is 1.72. The number of hydrogen-bond donors (Lipinski definition) is 1. The molecule has 0 aliphatic heterocycles. The van der Waals surface area contributed by atoms with Crippen molar-refractivity contribution in [3.8, 4) is 0 Å². The van der Waals surface area contributed by atoms with Gasteiger partial charge in [0.25, 0.3) is 0 Å². The Balaban J connectivity index is 2.20. The highest BCUT2D eigenvalue weighted by atomic mass is 79.9. The van der Waals surface area contributed by atoms with Crippen molar-refractivity contribution >= 4 is 21.6 Å². The molecule has 3 rings (SSSR count). The Kier molecular flexibility index (Phi) is 1.52. The van der Waals surface area contributed by atoms with Crippen molar-refractivity contribution in [1.29, 1.82) is 0 Å². The number of fused-ring (bicyclic) bond motifs is 1. The highest BCUT2D eigenvalue weighted by Gasteiger charge is 2.46. The standard InChI is InChI=1S/C9H8BrN3O/c10-6-1-4-13-7(5-6)11-8(12-13)9(14)2-3-9/h1,4-5,14H,2-3H2. The molecule has 1 aliphatic rings. The van der Waals surface area contributed by atoms with Gasteiger partial charge in [-0.3, -0.25) is 0 Å². The molecular formula is C9H8BrN3O. The van der Waals surface area contributed by atoms with Crippen molar-refractivity contribution in [3.63, 3.8) is 0 Å². The van der Waals surface area contributed by atoms with Crippen LogP contribution in [0.1, 0.15) is 18.7 Å². The van der Waals surface area contributed by atoms with Crippen LogP contribution in [0.3, 0.4) is 0 Å². The number of pyridine rings is 1. The van der Waals surface area contributed by atoms with Crippen LogP contribution in [0.5, 0.6) is 0 Å². The minimum Gasteiger partial charge on any atom is -0.382 e. The molecule has 2 aromatic heterocycles. The van der Waals surface area contributed by atoms with E-state index in [0.717, 1.165) is 23.0 Å². The quantitative estimate of drug-likeness (QED) is 0.838. The van der Waals surface area contributed by atoms with Crippen LogP contribution in [-0.4, -0.2) is 19.7 Å². The lowest BCUT2D eigenvalue weighted by molar-refractivity contribution is 0.141. The summed E-state index contributed by atoms with van der Waals surface area (Å²) in [7, 11) is 0. The van der Waals surface area contributed by atoms with Crippen molar-refractivity contribution < 1.29 is 5.11 Å². The summed E-state index contributed by atoms with van der Waals surface area (Å²) in [5.74, 6) is 0.538. The Bertz CT molecular complexity index is 504. The Labute approximate surface area is 88.7 Å². The molecule has 1 N–H and O–H groups in total. The highest BCUT2D eigenvalue weighted by Crippen LogP contribution is 2.43. The number of rotatable bonds is 1. The van der Waals surface area contributed by atoms with E-state index in [4.69, 9.17) is 0 Å². The largest absolute Gasteiger partial charge is 0.382 e. The molecule has 0 saturated heterocycles. The first-order valence-corrected chi connectivity index (χ1v) is 5.21. The summed E-state index contributed by atoms with van der Waals surface area (Å²) < 4.78 is 2.64. The van der Waals surface area contributed by atoms with E-state index in [1.165, 1.54) is 0 Å². The van der Waals surface area contributed by atoms with Crippen LogP contribution in [0.2, 0.25) is 0 Å². The Hall–Kier alpha value is -0.940. The van der Waals surface area contributed by atoms with Crippen molar-refractivity contribution in [2.75, 3.05) is 0 Å². The lowest BCUT2D eigenvalue weighted by Crippen LogP contribution is -2.06. The van der Waals surface area contributed by atoms with Gasteiger partial charge in [0.1, 0.15) is 5.60 Å². The van der Waals surface area contributed by atoms with E-state index in [0.29, 0.717) is 5.82 Å². The molecule has 1 saturated carbocycles. The van der Waals surface area contributed by atoms with Crippen molar-refractivity contribution in [2.45, 2.75) is 18.4 Å². The van der Waals surface area contributed by atoms with E-state index in [2.05, 4.69) is 26.0 Å². The summed E-state index contributed by atoms with van der Waals surface area (Å²) in [5.41, 5.74) is 0.00749. The van der Waals surface area contributed by atoms with Gasteiger partial charge in [0, 0.05) is 10.7 Å². The topological polar surface area (TPSA) is 50.4 Å². The third-order valence-electron chi connectivity index (χ3n) is 2.44. The van der Waals surface area contributed by atoms with E-state index in [1.54, 1.807) is 4.52 Å². The molecule has 0 bridgehead atoms. The summed E-state index contributed by atoms with van der Waals surface area (Å²) in [6.07, 6.45) is 3.36. The first-order valence-electron chi connectivity index (χ1n) is 4.42. The van der Waals surface area contributed by atoms with Gasteiger partial charge >= 0.3 is 0 Å². The van der Waals surface area contributed by atoms with Gasteiger partial charge in [-0.15, -0.1) is 5.10 Å². The first-order chi connectivity index (χ1) is 6.67. The van der Waals surface area contributed by atoms with Gasteiger partial charge in [0.05, 0.1) is 0 Å². The van der Waals surface area contributed by atoms with Gasteiger partial charge in [-0.1, -0.05) is 15.9 Å². The lowest BCUT2D eigenvalue weighted by Gasteiger charge is -1.97. The molecule has 4 nitrogen and oxygen atoms in total. The molecule has 0 spiro atoms. The predicted octanol–water partition coefficient (Wildman–Crippen LogP) is 1.47. The zero-order valence-electron chi connectivity index (χ0n) is 7.31. The van der Waals surface area contributed by atoms with Crippen LogP contribution in [0.15, 0.2) is 22.8 Å². The second kappa shape index (κ2) is 2.55. The molecule has 5 heteroatoms. The average molecular weight is 254 g/mol. The summed E-state index contributed by atoms with van der Waals surface area (Å²) in [6.45, 7) is 0. The molecule has 2 aromatic rings. The van der Waals surface area contributed by atoms with E-state index in [-0.39, 0.29) is 0 Å². The van der Waals surface area contributed by atoms with Gasteiger partial charge in [0.15, 0.2) is 11.5 Å². The second-order valence-electron chi connectivity index (χ2n) is 3.61. The third kappa shape index (κ3) is 1.16. The average Bonchev–Trinajstić information content (AvgIpc) is 2.77. The maximum Gasteiger partial charge on any atom is 0.183 e. The monoisotopic (exact) mass is 253 g/mol. The van der Waals surface area contributed by atoms with Gasteiger partial charge in [-0.25, -0.2) is 9.50 Å². The molecule has 0 aromatic carbocycles. The lowest BCUT2D eigenvalue weighted by atomic mass is 10.3.